The molecule has 0 aliphatic rings. The summed E-state index contributed by atoms with van der Waals surface area (Å²) in [7, 11) is 2.09. The molecule has 1 N–H and O–H groups in total. The van der Waals surface area contributed by atoms with Crippen LogP contribution in [0, 0.1) is 6.92 Å². The van der Waals surface area contributed by atoms with Gasteiger partial charge in [0.05, 0.1) is 28.3 Å². The summed E-state index contributed by atoms with van der Waals surface area (Å²) in [6, 6.07) is 8.56. The van der Waals surface area contributed by atoms with Gasteiger partial charge in [-0.3, -0.25) is 0 Å². The van der Waals surface area contributed by atoms with Crippen molar-refractivity contribution in [3.63, 3.8) is 0 Å². The largest absolute Gasteiger partial charge is 0.331 e. The second-order valence-corrected chi connectivity index (χ2v) is 6.08. The number of hydrogen-bond acceptors (Lipinski definition) is 4. The van der Waals surface area contributed by atoms with Gasteiger partial charge in [0, 0.05) is 18.3 Å². The van der Waals surface area contributed by atoms with E-state index in [-0.39, 0.29) is 6.04 Å². The minimum atomic E-state index is 0.276. The molecule has 0 fully saturated rings. The molecule has 2 heterocycles. The Morgan fingerprint density at radius 2 is 2.14 bits per heavy atom. The summed E-state index contributed by atoms with van der Waals surface area (Å²) >= 11 is 1.72. The number of fused-ring (bicyclic) bond motifs is 1. The molecule has 5 heteroatoms. The van der Waals surface area contributed by atoms with E-state index in [1.807, 2.05) is 11.6 Å². The molecule has 0 aliphatic heterocycles. The van der Waals surface area contributed by atoms with Crippen molar-refractivity contribution in [2.24, 2.45) is 7.05 Å². The fourth-order valence-corrected chi connectivity index (χ4v) is 3.59. The van der Waals surface area contributed by atoms with Crippen molar-refractivity contribution in [1.29, 1.82) is 0 Å². The third kappa shape index (κ3) is 2.71. The molecule has 1 atom stereocenters. The second kappa shape index (κ2) is 5.95. The first-order valence-corrected chi connectivity index (χ1v) is 8.12. The number of aryl methyl sites for hydroxylation is 2. The number of benzene rings is 1. The molecular formula is C16H20N4S. The third-order valence-corrected chi connectivity index (χ3v) is 4.86. The van der Waals surface area contributed by atoms with Crippen LogP contribution in [-0.4, -0.2) is 21.1 Å². The van der Waals surface area contributed by atoms with Gasteiger partial charge in [-0.25, -0.2) is 9.97 Å². The standard InChI is InChI=1S/C16H20N4S/c1-4-17-13(16-11(2)18-10-21-16)9-15-19-12-7-5-6-8-14(12)20(15)3/h5-8,10,13,17H,4,9H2,1-3H3. The molecule has 0 amide bonds. The van der Waals surface area contributed by atoms with Gasteiger partial charge in [0.2, 0.25) is 0 Å². The molecular weight excluding hydrogens is 280 g/mol. The average Bonchev–Trinajstić information content (AvgIpc) is 3.04. The Hall–Kier alpha value is -1.72. The number of para-hydroxylation sites is 2. The van der Waals surface area contributed by atoms with Crippen LogP contribution in [0.25, 0.3) is 11.0 Å². The van der Waals surface area contributed by atoms with Gasteiger partial charge in [-0.2, -0.15) is 0 Å². The van der Waals surface area contributed by atoms with E-state index in [9.17, 15) is 0 Å². The summed E-state index contributed by atoms with van der Waals surface area (Å²) in [5, 5.41) is 3.56. The van der Waals surface area contributed by atoms with Crippen LogP contribution in [0.4, 0.5) is 0 Å². The van der Waals surface area contributed by atoms with E-state index < -0.39 is 0 Å². The normalized spacial score (nSPS) is 12.9. The molecule has 3 aromatic rings. The number of nitrogens with one attached hydrogen (secondary N) is 1. The van der Waals surface area contributed by atoms with Gasteiger partial charge in [-0.15, -0.1) is 11.3 Å². The molecule has 1 unspecified atom stereocenters. The first-order valence-electron chi connectivity index (χ1n) is 7.24. The highest BCUT2D eigenvalue weighted by Crippen LogP contribution is 2.26. The maximum Gasteiger partial charge on any atom is 0.111 e. The topological polar surface area (TPSA) is 42.7 Å². The van der Waals surface area contributed by atoms with E-state index in [2.05, 4.69) is 54.0 Å². The molecule has 110 valence electrons. The van der Waals surface area contributed by atoms with Crippen LogP contribution in [0.5, 0.6) is 0 Å². The molecule has 21 heavy (non-hydrogen) atoms. The summed E-state index contributed by atoms with van der Waals surface area (Å²) in [6.07, 6.45) is 0.877. The lowest BCUT2D eigenvalue weighted by molar-refractivity contribution is 0.535. The Bertz CT molecular complexity index is 744. The van der Waals surface area contributed by atoms with E-state index in [0.29, 0.717) is 0 Å². The van der Waals surface area contributed by atoms with E-state index in [1.54, 1.807) is 11.3 Å². The Balaban J connectivity index is 1.94. The van der Waals surface area contributed by atoms with Crippen molar-refractivity contribution in [2.45, 2.75) is 26.3 Å². The molecule has 4 nitrogen and oxygen atoms in total. The van der Waals surface area contributed by atoms with Crippen LogP contribution in [-0.2, 0) is 13.5 Å². The van der Waals surface area contributed by atoms with Gasteiger partial charge in [0.1, 0.15) is 5.82 Å². The van der Waals surface area contributed by atoms with Crippen molar-refractivity contribution in [3.8, 4) is 0 Å². The van der Waals surface area contributed by atoms with E-state index in [1.165, 1.54) is 10.4 Å². The molecule has 0 spiro atoms. The van der Waals surface area contributed by atoms with Gasteiger partial charge in [-0.1, -0.05) is 19.1 Å². The Morgan fingerprint density at radius 1 is 1.33 bits per heavy atom. The summed E-state index contributed by atoms with van der Waals surface area (Å²) in [6.45, 7) is 5.15. The van der Waals surface area contributed by atoms with Crippen LogP contribution < -0.4 is 5.32 Å². The Kier molecular flexibility index (Phi) is 4.03. The predicted molar refractivity (Wildman–Crippen MR) is 87.7 cm³/mol. The zero-order valence-corrected chi connectivity index (χ0v) is 13.4. The molecule has 0 saturated carbocycles. The minimum Gasteiger partial charge on any atom is -0.331 e. The van der Waals surface area contributed by atoms with Crippen LogP contribution in [0.3, 0.4) is 0 Å². The summed E-state index contributed by atoms with van der Waals surface area (Å²) in [5.41, 5.74) is 5.28. The van der Waals surface area contributed by atoms with Gasteiger partial charge < -0.3 is 9.88 Å². The van der Waals surface area contributed by atoms with E-state index in [0.717, 1.165) is 30.0 Å². The van der Waals surface area contributed by atoms with Crippen LogP contribution in [0.2, 0.25) is 0 Å². The van der Waals surface area contributed by atoms with Crippen molar-refractivity contribution < 1.29 is 0 Å². The first-order chi connectivity index (χ1) is 10.2. The lowest BCUT2D eigenvalue weighted by atomic mass is 10.1. The molecule has 0 saturated heterocycles. The second-order valence-electron chi connectivity index (χ2n) is 5.19. The number of rotatable bonds is 5. The zero-order chi connectivity index (χ0) is 14.8. The average molecular weight is 300 g/mol. The Labute approximate surface area is 128 Å². The maximum atomic E-state index is 4.78. The van der Waals surface area contributed by atoms with Gasteiger partial charge in [0.15, 0.2) is 0 Å². The fraction of sp³-hybridized carbons (Fsp3) is 0.375. The van der Waals surface area contributed by atoms with Crippen molar-refractivity contribution in [2.75, 3.05) is 6.54 Å². The monoisotopic (exact) mass is 300 g/mol. The SMILES string of the molecule is CCNC(Cc1nc2ccccc2n1C)c1scnc1C. The van der Waals surface area contributed by atoms with E-state index >= 15 is 0 Å². The van der Waals surface area contributed by atoms with Crippen molar-refractivity contribution >= 4 is 22.4 Å². The first kappa shape index (κ1) is 14.2. The van der Waals surface area contributed by atoms with E-state index in [4.69, 9.17) is 4.98 Å². The highest BCUT2D eigenvalue weighted by molar-refractivity contribution is 7.09. The van der Waals surface area contributed by atoms with Crippen molar-refractivity contribution in [1.82, 2.24) is 19.9 Å². The molecule has 0 bridgehead atoms. The third-order valence-electron chi connectivity index (χ3n) is 3.82. The molecule has 1 aromatic carbocycles. The minimum absolute atomic E-state index is 0.276. The quantitative estimate of drug-likeness (QED) is 0.786. The molecule has 0 radical (unpaired) electrons. The van der Waals surface area contributed by atoms with Gasteiger partial charge in [-0.05, 0) is 25.6 Å². The number of nitrogens with zero attached hydrogens (tertiary/aromatic N) is 3. The highest BCUT2D eigenvalue weighted by Gasteiger charge is 2.19. The maximum absolute atomic E-state index is 4.78. The van der Waals surface area contributed by atoms with Gasteiger partial charge >= 0.3 is 0 Å². The smallest absolute Gasteiger partial charge is 0.111 e. The highest BCUT2D eigenvalue weighted by atomic mass is 32.1. The summed E-state index contributed by atoms with van der Waals surface area (Å²) < 4.78 is 2.19. The molecule has 3 rings (SSSR count). The molecule has 0 aliphatic carbocycles. The lowest BCUT2D eigenvalue weighted by Crippen LogP contribution is -2.24. The van der Waals surface area contributed by atoms with Crippen LogP contribution in [0.1, 0.15) is 29.4 Å². The zero-order valence-electron chi connectivity index (χ0n) is 12.6. The number of likely N-dealkylation sites (N-methyl/N-ethyl adjacent to an activating group) is 1. The fourth-order valence-electron chi connectivity index (χ4n) is 2.71. The summed E-state index contributed by atoms with van der Waals surface area (Å²) in [4.78, 5) is 10.5. The number of aromatic nitrogens is 3. The number of thiazole rings is 1. The van der Waals surface area contributed by atoms with Gasteiger partial charge in [0.25, 0.3) is 0 Å². The summed E-state index contributed by atoms with van der Waals surface area (Å²) in [5.74, 6) is 1.11. The molecule has 2 aromatic heterocycles. The number of imidazole rings is 1. The number of hydrogen-bond donors (Lipinski definition) is 1. The van der Waals surface area contributed by atoms with Crippen molar-refractivity contribution in [3.05, 3.63) is 46.2 Å². The lowest BCUT2D eigenvalue weighted by Gasteiger charge is -2.16. The van der Waals surface area contributed by atoms with Crippen LogP contribution in [0.15, 0.2) is 29.8 Å². The predicted octanol–water partition coefficient (Wildman–Crippen LogP) is 3.23. The Morgan fingerprint density at radius 3 is 2.81 bits per heavy atom. The van der Waals surface area contributed by atoms with Crippen LogP contribution >= 0.6 is 11.3 Å².